The first-order chi connectivity index (χ1) is 8.58. The van der Waals surface area contributed by atoms with Crippen LogP contribution in [0.3, 0.4) is 0 Å². The number of rotatable bonds is 2. The Labute approximate surface area is 123 Å². The van der Waals surface area contributed by atoms with Crippen LogP contribution in [-0.2, 0) is 9.59 Å². The first-order valence-corrected chi connectivity index (χ1v) is 8.14. The Morgan fingerprint density at radius 1 is 0.944 bits per heavy atom. The summed E-state index contributed by atoms with van der Waals surface area (Å²) in [6.07, 6.45) is 6.22. The molecular weight excluding hydrogens is 341 g/mol. The molecule has 4 heteroatoms. The lowest BCUT2D eigenvalue weighted by Gasteiger charge is -2.35. The Morgan fingerprint density at radius 3 is 2.00 bits per heavy atom. The summed E-state index contributed by atoms with van der Waals surface area (Å²) in [7, 11) is 0. The molecule has 2 fully saturated rings. The minimum atomic E-state index is 0.182. The zero-order valence-electron chi connectivity index (χ0n) is 11.0. The van der Waals surface area contributed by atoms with Crippen molar-refractivity contribution in [2.45, 2.75) is 45.4 Å². The quantitative estimate of drug-likeness (QED) is 0.559. The van der Waals surface area contributed by atoms with Crippen LogP contribution in [0.25, 0.3) is 0 Å². The molecule has 1 heterocycles. The number of carbonyl (C=O) groups is 2. The number of likely N-dealkylation sites (tertiary alicyclic amines) is 1. The van der Waals surface area contributed by atoms with Gasteiger partial charge in [-0.3, -0.25) is 9.59 Å². The van der Waals surface area contributed by atoms with Gasteiger partial charge in [-0.25, -0.2) is 0 Å². The molecule has 0 spiro atoms. The number of halogens is 1. The Balaban J connectivity index is 1.82. The van der Waals surface area contributed by atoms with E-state index in [-0.39, 0.29) is 15.6 Å². The van der Waals surface area contributed by atoms with Crippen molar-refractivity contribution in [3.8, 4) is 0 Å². The van der Waals surface area contributed by atoms with Gasteiger partial charge >= 0.3 is 0 Å². The van der Waals surface area contributed by atoms with Gasteiger partial charge in [-0.1, -0.05) is 6.92 Å². The number of amides is 1. The lowest BCUT2D eigenvalue weighted by molar-refractivity contribution is -0.139. The van der Waals surface area contributed by atoms with Gasteiger partial charge in [0.1, 0.15) is 0 Å². The maximum absolute atomic E-state index is 12.4. The van der Waals surface area contributed by atoms with Gasteiger partial charge in [-0.15, -0.1) is 0 Å². The van der Waals surface area contributed by atoms with Crippen molar-refractivity contribution in [2.75, 3.05) is 13.1 Å². The van der Waals surface area contributed by atoms with E-state index < -0.39 is 0 Å². The van der Waals surface area contributed by atoms with Gasteiger partial charge in [-0.2, -0.15) is 0 Å². The fraction of sp³-hybridized carbons (Fsp3) is 0.857. The van der Waals surface area contributed by atoms with Crippen molar-refractivity contribution in [2.24, 2.45) is 17.8 Å². The smallest absolute Gasteiger partial charge is 0.225 e. The van der Waals surface area contributed by atoms with Crippen LogP contribution in [0.15, 0.2) is 0 Å². The van der Waals surface area contributed by atoms with Crippen LogP contribution in [0.5, 0.6) is 0 Å². The molecule has 1 saturated heterocycles. The monoisotopic (exact) mass is 363 g/mol. The average molecular weight is 363 g/mol. The first-order valence-electron chi connectivity index (χ1n) is 7.06. The summed E-state index contributed by atoms with van der Waals surface area (Å²) in [5.74, 6) is 1.58. The first kappa shape index (κ1) is 14.3. The van der Waals surface area contributed by atoms with E-state index in [1.165, 1.54) is 12.8 Å². The molecule has 0 radical (unpaired) electrons. The van der Waals surface area contributed by atoms with E-state index in [9.17, 15) is 9.59 Å². The third kappa shape index (κ3) is 3.45. The molecule has 0 atom stereocenters. The molecule has 18 heavy (non-hydrogen) atoms. The zero-order chi connectivity index (χ0) is 13.1. The normalized spacial score (nSPS) is 30.2. The molecule has 2 aliphatic rings. The van der Waals surface area contributed by atoms with Gasteiger partial charge in [0.05, 0.1) is 0 Å². The molecule has 0 aromatic heterocycles. The number of carbonyl (C=O) groups excluding carboxylic acids is 2. The van der Waals surface area contributed by atoms with Crippen molar-refractivity contribution in [3.63, 3.8) is 0 Å². The van der Waals surface area contributed by atoms with Crippen LogP contribution < -0.4 is 0 Å². The predicted molar refractivity (Wildman–Crippen MR) is 79.5 cm³/mol. The van der Waals surface area contributed by atoms with Crippen molar-refractivity contribution in [1.82, 2.24) is 4.90 Å². The molecule has 0 aromatic rings. The summed E-state index contributed by atoms with van der Waals surface area (Å²) in [6.45, 7) is 3.84. The minimum Gasteiger partial charge on any atom is -0.342 e. The average Bonchev–Trinajstić information content (AvgIpc) is 2.39. The Morgan fingerprint density at radius 2 is 1.50 bits per heavy atom. The van der Waals surface area contributed by atoms with Gasteiger partial charge < -0.3 is 4.90 Å². The highest BCUT2D eigenvalue weighted by Gasteiger charge is 2.31. The number of nitrogens with zero attached hydrogens (tertiary/aromatic N) is 1. The molecule has 0 unspecified atom stereocenters. The molecule has 2 rings (SSSR count). The number of hydrogen-bond acceptors (Lipinski definition) is 2. The zero-order valence-corrected chi connectivity index (χ0v) is 13.2. The lowest BCUT2D eigenvalue weighted by atomic mass is 9.82. The highest BCUT2D eigenvalue weighted by Crippen LogP contribution is 2.31. The molecular formula is C14H22INO2. The maximum Gasteiger partial charge on any atom is 0.225 e. The van der Waals surface area contributed by atoms with Gasteiger partial charge in [0, 0.05) is 24.9 Å². The van der Waals surface area contributed by atoms with Crippen molar-refractivity contribution in [1.29, 1.82) is 0 Å². The maximum atomic E-state index is 12.4. The second-order valence-electron chi connectivity index (χ2n) is 5.86. The van der Waals surface area contributed by atoms with Gasteiger partial charge in [-0.05, 0) is 67.0 Å². The summed E-state index contributed by atoms with van der Waals surface area (Å²) in [4.78, 5) is 25.7. The molecule has 0 bridgehead atoms. The second kappa shape index (κ2) is 6.35. The topological polar surface area (TPSA) is 37.4 Å². The van der Waals surface area contributed by atoms with Crippen LogP contribution in [-0.4, -0.2) is 27.7 Å². The minimum absolute atomic E-state index is 0.182. The van der Waals surface area contributed by atoms with E-state index in [2.05, 4.69) is 6.92 Å². The van der Waals surface area contributed by atoms with Gasteiger partial charge in [0.15, 0.2) is 3.79 Å². The van der Waals surface area contributed by atoms with E-state index in [0.717, 1.165) is 44.7 Å². The number of piperidine rings is 1. The summed E-state index contributed by atoms with van der Waals surface area (Å²) < 4.78 is 0.256. The van der Waals surface area contributed by atoms with E-state index in [1.807, 2.05) is 27.5 Å². The fourth-order valence-corrected chi connectivity index (χ4v) is 3.71. The molecule has 1 aliphatic heterocycles. The summed E-state index contributed by atoms with van der Waals surface area (Å²) in [5.41, 5.74) is 0. The summed E-state index contributed by atoms with van der Waals surface area (Å²) in [5, 5.41) is 0. The van der Waals surface area contributed by atoms with Crippen molar-refractivity contribution in [3.05, 3.63) is 0 Å². The predicted octanol–water partition coefficient (Wildman–Crippen LogP) is 3.01. The standard InChI is InChI=1S/C14H22INO2/c1-10-2-4-12(5-3-10)14(18)16-8-6-11(7-9-16)13(15)17/h10-12H,2-9H2,1H3. The molecule has 1 saturated carbocycles. The highest BCUT2D eigenvalue weighted by molar-refractivity contribution is 14.1. The summed E-state index contributed by atoms with van der Waals surface area (Å²) in [6, 6.07) is 0. The molecule has 102 valence electrons. The molecule has 1 amide bonds. The van der Waals surface area contributed by atoms with E-state index in [1.54, 1.807) is 0 Å². The summed E-state index contributed by atoms with van der Waals surface area (Å²) >= 11 is 1.89. The van der Waals surface area contributed by atoms with Crippen molar-refractivity contribution >= 4 is 32.3 Å². The largest absolute Gasteiger partial charge is 0.342 e. The molecule has 0 N–H and O–H groups in total. The van der Waals surface area contributed by atoms with E-state index >= 15 is 0 Å². The van der Waals surface area contributed by atoms with Crippen LogP contribution in [0.1, 0.15) is 45.4 Å². The highest BCUT2D eigenvalue weighted by atomic mass is 127. The third-order valence-corrected chi connectivity index (χ3v) is 5.37. The Hall–Kier alpha value is -0.130. The van der Waals surface area contributed by atoms with Gasteiger partial charge in [0.2, 0.25) is 5.91 Å². The molecule has 1 aliphatic carbocycles. The van der Waals surface area contributed by atoms with Crippen LogP contribution in [0.2, 0.25) is 0 Å². The van der Waals surface area contributed by atoms with Crippen LogP contribution in [0, 0.1) is 17.8 Å². The van der Waals surface area contributed by atoms with E-state index in [4.69, 9.17) is 0 Å². The second-order valence-corrected chi connectivity index (χ2v) is 6.92. The fourth-order valence-electron chi connectivity index (χ4n) is 3.09. The van der Waals surface area contributed by atoms with Gasteiger partial charge in [0.25, 0.3) is 0 Å². The van der Waals surface area contributed by atoms with E-state index in [0.29, 0.717) is 5.91 Å². The van der Waals surface area contributed by atoms with Crippen LogP contribution in [0.4, 0.5) is 0 Å². The SMILES string of the molecule is CC1CCC(C(=O)N2CCC(C(=O)I)CC2)CC1. The van der Waals surface area contributed by atoms with Crippen LogP contribution >= 0.6 is 22.6 Å². The Bertz CT molecular complexity index is 316. The van der Waals surface area contributed by atoms with Crippen molar-refractivity contribution < 1.29 is 9.59 Å². The number of hydrogen-bond donors (Lipinski definition) is 0. The lowest BCUT2D eigenvalue weighted by Crippen LogP contribution is -2.43. The third-order valence-electron chi connectivity index (χ3n) is 4.49. The molecule has 0 aromatic carbocycles. The molecule has 3 nitrogen and oxygen atoms in total. The Kier molecular flexibility index (Phi) is 5.04.